The Morgan fingerprint density at radius 1 is 1.15 bits per heavy atom. The second kappa shape index (κ2) is 5.64. The van der Waals surface area contributed by atoms with E-state index in [1.807, 2.05) is 23.6 Å². The summed E-state index contributed by atoms with van der Waals surface area (Å²) in [7, 11) is 0. The van der Waals surface area contributed by atoms with Gasteiger partial charge in [-0.25, -0.2) is 4.39 Å². The van der Waals surface area contributed by atoms with E-state index >= 15 is 0 Å². The van der Waals surface area contributed by atoms with Crippen LogP contribution in [0.1, 0.15) is 17.2 Å². The van der Waals surface area contributed by atoms with Crippen molar-refractivity contribution >= 4 is 37.4 Å². The molecule has 0 bridgehead atoms. The molecule has 3 aromatic rings. The highest BCUT2D eigenvalue weighted by molar-refractivity contribution is 9.10. The van der Waals surface area contributed by atoms with Crippen LogP contribution in [0.5, 0.6) is 0 Å². The minimum atomic E-state index is -0.858. The van der Waals surface area contributed by atoms with Crippen LogP contribution in [-0.2, 0) is 6.42 Å². The van der Waals surface area contributed by atoms with Gasteiger partial charge in [-0.15, -0.1) is 11.3 Å². The largest absolute Gasteiger partial charge is 0.388 e. The fourth-order valence-electron chi connectivity index (χ4n) is 2.33. The summed E-state index contributed by atoms with van der Waals surface area (Å²) in [6.45, 7) is 0. The van der Waals surface area contributed by atoms with Crippen LogP contribution in [0.3, 0.4) is 0 Å². The zero-order valence-electron chi connectivity index (χ0n) is 10.5. The zero-order chi connectivity index (χ0) is 14.1. The highest BCUT2D eigenvalue weighted by Crippen LogP contribution is 2.32. The van der Waals surface area contributed by atoms with E-state index in [0.29, 0.717) is 16.5 Å². The van der Waals surface area contributed by atoms with Gasteiger partial charge in [-0.3, -0.25) is 0 Å². The molecule has 0 saturated carbocycles. The summed E-state index contributed by atoms with van der Waals surface area (Å²) < 4.78 is 15.6. The maximum absolute atomic E-state index is 13.9. The van der Waals surface area contributed by atoms with E-state index in [4.69, 9.17) is 0 Å². The van der Waals surface area contributed by atoms with Gasteiger partial charge < -0.3 is 5.11 Å². The summed E-state index contributed by atoms with van der Waals surface area (Å²) in [5.41, 5.74) is 1.37. The highest BCUT2D eigenvalue weighted by atomic mass is 79.9. The Labute approximate surface area is 128 Å². The highest BCUT2D eigenvalue weighted by Gasteiger charge is 2.18. The topological polar surface area (TPSA) is 20.2 Å². The number of rotatable bonds is 3. The van der Waals surface area contributed by atoms with Gasteiger partial charge in [0.15, 0.2) is 0 Å². The Hall–Kier alpha value is -1.23. The molecule has 1 heterocycles. The predicted octanol–water partition coefficient (Wildman–Crippen LogP) is 5.08. The zero-order valence-corrected chi connectivity index (χ0v) is 12.9. The summed E-state index contributed by atoms with van der Waals surface area (Å²) >= 11 is 4.95. The van der Waals surface area contributed by atoms with Crippen molar-refractivity contribution in [3.05, 3.63) is 69.3 Å². The molecule has 2 aromatic carbocycles. The third kappa shape index (κ3) is 2.51. The van der Waals surface area contributed by atoms with Gasteiger partial charge in [0.05, 0.1) is 6.10 Å². The third-order valence-corrected chi connectivity index (χ3v) is 5.01. The van der Waals surface area contributed by atoms with Gasteiger partial charge in [0.25, 0.3) is 0 Å². The lowest BCUT2D eigenvalue weighted by molar-refractivity contribution is 0.173. The number of thiophene rings is 1. The summed E-state index contributed by atoms with van der Waals surface area (Å²) in [6, 6.07) is 12.8. The molecule has 4 heteroatoms. The maximum atomic E-state index is 13.9. The van der Waals surface area contributed by atoms with Crippen molar-refractivity contribution in [2.75, 3.05) is 0 Å². The van der Waals surface area contributed by atoms with Crippen molar-refractivity contribution in [3.8, 4) is 0 Å². The molecule has 0 saturated heterocycles. The number of hydrogen-bond donors (Lipinski definition) is 1. The van der Waals surface area contributed by atoms with Gasteiger partial charge in [0.2, 0.25) is 0 Å². The Balaban J connectivity index is 1.95. The summed E-state index contributed by atoms with van der Waals surface area (Å²) in [5.74, 6) is -0.383. The van der Waals surface area contributed by atoms with E-state index in [9.17, 15) is 9.50 Å². The van der Waals surface area contributed by atoms with Gasteiger partial charge in [-0.05, 0) is 34.5 Å². The Kier molecular flexibility index (Phi) is 3.87. The van der Waals surface area contributed by atoms with Crippen LogP contribution in [-0.4, -0.2) is 5.11 Å². The molecular formula is C16H12BrFOS. The van der Waals surface area contributed by atoms with Crippen LogP contribution >= 0.6 is 27.3 Å². The van der Waals surface area contributed by atoms with E-state index in [1.54, 1.807) is 23.5 Å². The molecule has 1 N–H and O–H groups in total. The number of aliphatic hydroxyl groups is 1. The molecule has 0 spiro atoms. The molecule has 0 aliphatic carbocycles. The molecule has 0 aliphatic heterocycles. The average molecular weight is 351 g/mol. The monoisotopic (exact) mass is 350 g/mol. The predicted molar refractivity (Wildman–Crippen MR) is 84.6 cm³/mol. The Bertz CT molecular complexity index is 733. The number of hydrogen-bond acceptors (Lipinski definition) is 2. The van der Waals surface area contributed by atoms with Crippen LogP contribution in [0.4, 0.5) is 4.39 Å². The first-order valence-corrected chi connectivity index (χ1v) is 7.91. The lowest BCUT2D eigenvalue weighted by atomic mass is 10.0. The Morgan fingerprint density at radius 2 is 1.95 bits per heavy atom. The maximum Gasteiger partial charge on any atom is 0.130 e. The standard InChI is InChI=1S/C16H12BrFOS/c17-12-5-3-6-13(18)16(12)14(19)8-10-9-20-15-7-2-1-4-11(10)15/h1-7,9,14,19H,8H2. The molecule has 0 radical (unpaired) electrons. The molecule has 102 valence electrons. The molecule has 0 amide bonds. The summed E-state index contributed by atoms with van der Waals surface area (Å²) in [6.07, 6.45) is -0.451. The van der Waals surface area contributed by atoms with Crippen LogP contribution in [0.2, 0.25) is 0 Å². The minimum Gasteiger partial charge on any atom is -0.388 e. The number of fused-ring (bicyclic) bond motifs is 1. The minimum absolute atomic E-state index is 0.322. The summed E-state index contributed by atoms with van der Waals surface area (Å²) in [5, 5.41) is 13.5. The van der Waals surface area contributed by atoms with E-state index in [0.717, 1.165) is 10.9 Å². The lowest BCUT2D eigenvalue weighted by Gasteiger charge is -2.13. The van der Waals surface area contributed by atoms with Gasteiger partial charge in [0.1, 0.15) is 5.82 Å². The number of benzene rings is 2. The van der Waals surface area contributed by atoms with Crippen molar-refractivity contribution in [2.24, 2.45) is 0 Å². The first-order chi connectivity index (χ1) is 9.66. The van der Waals surface area contributed by atoms with Gasteiger partial charge in [-0.2, -0.15) is 0 Å². The normalized spacial score (nSPS) is 12.8. The first-order valence-electron chi connectivity index (χ1n) is 6.24. The number of halogens is 2. The quantitative estimate of drug-likeness (QED) is 0.698. The SMILES string of the molecule is OC(Cc1csc2ccccc12)c1c(F)cccc1Br. The molecule has 0 fully saturated rings. The van der Waals surface area contributed by atoms with Crippen molar-refractivity contribution in [2.45, 2.75) is 12.5 Å². The van der Waals surface area contributed by atoms with Crippen molar-refractivity contribution in [1.29, 1.82) is 0 Å². The second-order valence-corrected chi connectivity index (χ2v) is 6.38. The molecule has 1 aromatic heterocycles. The van der Waals surface area contributed by atoms with Crippen LogP contribution < -0.4 is 0 Å². The number of aliphatic hydroxyl groups excluding tert-OH is 1. The second-order valence-electron chi connectivity index (χ2n) is 4.61. The smallest absolute Gasteiger partial charge is 0.130 e. The van der Waals surface area contributed by atoms with Gasteiger partial charge in [-0.1, -0.05) is 40.2 Å². The van der Waals surface area contributed by atoms with Crippen molar-refractivity contribution < 1.29 is 9.50 Å². The Morgan fingerprint density at radius 3 is 2.75 bits per heavy atom. The fraction of sp³-hybridized carbons (Fsp3) is 0.125. The average Bonchev–Trinajstić information content (AvgIpc) is 2.82. The molecule has 0 aliphatic rings. The van der Waals surface area contributed by atoms with E-state index in [2.05, 4.69) is 22.0 Å². The van der Waals surface area contributed by atoms with Gasteiger partial charge in [0, 0.05) is 21.2 Å². The molecule has 3 rings (SSSR count). The van der Waals surface area contributed by atoms with Crippen LogP contribution in [0.25, 0.3) is 10.1 Å². The fourth-order valence-corrected chi connectivity index (χ4v) is 3.91. The van der Waals surface area contributed by atoms with Crippen molar-refractivity contribution in [1.82, 2.24) is 0 Å². The third-order valence-electron chi connectivity index (χ3n) is 3.31. The van der Waals surface area contributed by atoms with E-state index < -0.39 is 6.10 Å². The van der Waals surface area contributed by atoms with E-state index in [1.165, 1.54) is 10.8 Å². The molecule has 20 heavy (non-hydrogen) atoms. The van der Waals surface area contributed by atoms with Gasteiger partial charge >= 0.3 is 0 Å². The van der Waals surface area contributed by atoms with Crippen molar-refractivity contribution in [3.63, 3.8) is 0 Å². The van der Waals surface area contributed by atoms with E-state index in [-0.39, 0.29) is 5.82 Å². The summed E-state index contributed by atoms with van der Waals surface area (Å²) in [4.78, 5) is 0. The first kappa shape index (κ1) is 13.7. The molecule has 1 unspecified atom stereocenters. The molecular weight excluding hydrogens is 339 g/mol. The lowest BCUT2D eigenvalue weighted by Crippen LogP contribution is -2.05. The van der Waals surface area contributed by atoms with Crippen LogP contribution in [0.15, 0.2) is 52.3 Å². The van der Waals surface area contributed by atoms with Crippen LogP contribution in [0, 0.1) is 5.82 Å². The molecule has 1 atom stereocenters. The molecule has 1 nitrogen and oxygen atoms in total.